The maximum absolute atomic E-state index is 12.0. The molecular weight excluding hydrogens is 260 g/mol. The van der Waals surface area contributed by atoms with E-state index in [-0.39, 0.29) is 36.5 Å². The summed E-state index contributed by atoms with van der Waals surface area (Å²) in [6.07, 6.45) is 2.30. The fourth-order valence-corrected chi connectivity index (χ4v) is 2.56. The molecule has 0 aromatic carbocycles. The molecule has 1 heterocycles. The van der Waals surface area contributed by atoms with Crippen LogP contribution in [0.25, 0.3) is 0 Å². The van der Waals surface area contributed by atoms with Gasteiger partial charge >= 0.3 is 5.97 Å². The lowest BCUT2D eigenvalue weighted by atomic mass is 10.0. The molecule has 1 atom stereocenters. The summed E-state index contributed by atoms with van der Waals surface area (Å²) in [6, 6.07) is 0. The number of piperazine rings is 1. The maximum Gasteiger partial charge on any atom is 0.303 e. The van der Waals surface area contributed by atoms with Gasteiger partial charge in [-0.2, -0.15) is 0 Å². The van der Waals surface area contributed by atoms with Crippen LogP contribution < -0.4 is 0 Å². The Labute approximate surface area is 118 Å². The minimum absolute atomic E-state index is 0.00253. The van der Waals surface area contributed by atoms with Gasteiger partial charge in [-0.25, -0.2) is 0 Å². The van der Waals surface area contributed by atoms with E-state index in [9.17, 15) is 14.4 Å². The van der Waals surface area contributed by atoms with Gasteiger partial charge in [0.25, 0.3) is 0 Å². The molecular formula is C14H22N2O4. The number of carbonyl (C=O) groups excluding carboxylic acids is 2. The van der Waals surface area contributed by atoms with Gasteiger partial charge in [-0.3, -0.25) is 14.4 Å². The first-order valence-electron chi connectivity index (χ1n) is 7.25. The molecule has 0 spiro atoms. The van der Waals surface area contributed by atoms with Crippen LogP contribution in [0.4, 0.5) is 0 Å². The number of nitrogens with zero attached hydrogens (tertiary/aromatic N) is 2. The quantitative estimate of drug-likeness (QED) is 0.799. The topological polar surface area (TPSA) is 77.9 Å². The molecule has 0 bridgehead atoms. The Bertz CT molecular complexity index is 398. The Morgan fingerprint density at radius 1 is 1.05 bits per heavy atom. The minimum atomic E-state index is -0.870. The Morgan fingerprint density at radius 3 is 2.10 bits per heavy atom. The molecule has 0 radical (unpaired) electrons. The highest BCUT2D eigenvalue weighted by molar-refractivity contribution is 5.82. The van der Waals surface area contributed by atoms with Crippen LogP contribution in [0.5, 0.6) is 0 Å². The SMILES string of the molecule is CC(CC(=O)O)CC(=O)N1CCN(C(=O)C2CC2)CC1. The first-order chi connectivity index (χ1) is 9.47. The molecule has 1 aliphatic carbocycles. The molecule has 1 saturated carbocycles. The summed E-state index contributed by atoms with van der Waals surface area (Å²) in [5, 5.41) is 8.69. The second-order valence-corrected chi connectivity index (χ2v) is 5.89. The first kappa shape index (κ1) is 14.8. The summed E-state index contributed by atoms with van der Waals surface area (Å²) in [5.41, 5.74) is 0. The Morgan fingerprint density at radius 2 is 1.60 bits per heavy atom. The van der Waals surface area contributed by atoms with Crippen LogP contribution in [0.2, 0.25) is 0 Å². The second kappa shape index (κ2) is 6.24. The van der Waals surface area contributed by atoms with E-state index in [0.717, 1.165) is 12.8 Å². The zero-order valence-electron chi connectivity index (χ0n) is 11.9. The molecule has 0 aromatic heterocycles. The number of carboxylic acid groups (broad SMARTS) is 1. The monoisotopic (exact) mass is 282 g/mol. The van der Waals surface area contributed by atoms with Gasteiger partial charge in [0.2, 0.25) is 11.8 Å². The van der Waals surface area contributed by atoms with E-state index in [2.05, 4.69) is 0 Å². The molecule has 2 fully saturated rings. The normalized spacial score (nSPS) is 20.6. The van der Waals surface area contributed by atoms with Gasteiger partial charge in [0.05, 0.1) is 0 Å². The lowest BCUT2D eigenvalue weighted by molar-refractivity contribution is -0.142. The average Bonchev–Trinajstić information content (AvgIpc) is 3.21. The van der Waals surface area contributed by atoms with Gasteiger partial charge in [-0.1, -0.05) is 6.92 Å². The molecule has 2 aliphatic rings. The summed E-state index contributed by atoms with van der Waals surface area (Å²) in [5.74, 6) is -0.558. The van der Waals surface area contributed by atoms with Crippen molar-refractivity contribution in [3.8, 4) is 0 Å². The Hall–Kier alpha value is -1.59. The van der Waals surface area contributed by atoms with Crippen molar-refractivity contribution in [2.45, 2.75) is 32.6 Å². The molecule has 112 valence electrons. The van der Waals surface area contributed by atoms with Crippen molar-refractivity contribution < 1.29 is 19.5 Å². The van der Waals surface area contributed by atoms with E-state index in [1.54, 1.807) is 11.8 Å². The molecule has 0 aromatic rings. The van der Waals surface area contributed by atoms with Crippen LogP contribution in [0.1, 0.15) is 32.6 Å². The molecule has 1 unspecified atom stereocenters. The molecule has 6 heteroatoms. The molecule has 2 amide bonds. The summed E-state index contributed by atoms with van der Waals surface area (Å²) in [4.78, 5) is 38.1. The Balaban J connectivity index is 1.73. The van der Waals surface area contributed by atoms with E-state index < -0.39 is 5.97 Å². The van der Waals surface area contributed by atoms with Crippen molar-refractivity contribution in [3.05, 3.63) is 0 Å². The van der Waals surface area contributed by atoms with Crippen LogP contribution in [0, 0.1) is 11.8 Å². The maximum atomic E-state index is 12.0. The van der Waals surface area contributed by atoms with Crippen LogP contribution in [0.3, 0.4) is 0 Å². The van der Waals surface area contributed by atoms with Crippen molar-refractivity contribution in [3.63, 3.8) is 0 Å². The molecule has 1 saturated heterocycles. The summed E-state index contributed by atoms with van der Waals surface area (Å²) >= 11 is 0. The third-order valence-electron chi connectivity index (χ3n) is 3.92. The van der Waals surface area contributed by atoms with Gasteiger partial charge in [0, 0.05) is 44.9 Å². The Kier molecular flexibility index (Phi) is 4.62. The number of rotatable bonds is 5. The van der Waals surface area contributed by atoms with Gasteiger partial charge in [-0.05, 0) is 18.8 Å². The zero-order chi connectivity index (χ0) is 14.7. The van der Waals surface area contributed by atoms with Crippen LogP contribution in [-0.2, 0) is 14.4 Å². The third-order valence-corrected chi connectivity index (χ3v) is 3.92. The highest BCUT2D eigenvalue weighted by atomic mass is 16.4. The largest absolute Gasteiger partial charge is 0.481 e. The van der Waals surface area contributed by atoms with E-state index in [4.69, 9.17) is 5.11 Å². The van der Waals surface area contributed by atoms with Crippen molar-refractivity contribution >= 4 is 17.8 Å². The first-order valence-corrected chi connectivity index (χ1v) is 7.25. The van der Waals surface area contributed by atoms with Crippen LogP contribution in [-0.4, -0.2) is 58.9 Å². The van der Waals surface area contributed by atoms with Crippen LogP contribution >= 0.6 is 0 Å². The van der Waals surface area contributed by atoms with Gasteiger partial charge in [0.1, 0.15) is 0 Å². The molecule has 2 rings (SSSR count). The summed E-state index contributed by atoms with van der Waals surface area (Å²) in [6.45, 7) is 4.12. The van der Waals surface area contributed by atoms with Gasteiger partial charge in [-0.15, -0.1) is 0 Å². The van der Waals surface area contributed by atoms with Crippen LogP contribution in [0.15, 0.2) is 0 Å². The van der Waals surface area contributed by atoms with Crippen molar-refractivity contribution in [1.29, 1.82) is 0 Å². The van der Waals surface area contributed by atoms with Gasteiger partial charge in [0.15, 0.2) is 0 Å². The smallest absolute Gasteiger partial charge is 0.303 e. The summed E-state index contributed by atoms with van der Waals surface area (Å²) in [7, 11) is 0. The van der Waals surface area contributed by atoms with E-state index >= 15 is 0 Å². The number of aliphatic carboxylic acids is 1. The standard InChI is InChI=1S/C14H22N2O4/c1-10(9-13(18)19)8-12(17)15-4-6-16(7-5-15)14(20)11-2-3-11/h10-11H,2-9H2,1H3,(H,18,19). The number of carboxylic acids is 1. The molecule has 1 N–H and O–H groups in total. The highest BCUT2D eigenvalue weighted by Gasteiger charge is 2.35. The number of hydrogen-bond acceptors (Lipinski definition) is 3. The fraction of sp³-hybridized carbons (Fsp3) is 0.786. The highest BCUT2D eigenvalue weighted by Crippen LogP contribution is 2.31. The van der Waals surface area contributed by atoms with E-state index in [1.807, 2.05) is 4.90 Å². The van der Waals surface area contributed by atoms with Crippen molar-refractivity contribution in [1.82, 2.24) is 9.80 Å². The average molecular weight is 282 g/mol. The predicted molar refractivity (Wildman–Crippen MR) is 71.9 cm³/mol. The lowest BCUT2D eigenvalue weighted by Gasteiger charge is -2.35. The van der Waals surface area contributed by atoms with E-state index in [0.29, 0.717) is 26.2 Å². The second-order valence-electron chi connectivity index (χ2n) is 5.89. The van der Waals surface area contributed by atoms with Crippen molar-refractivity contribution in [2.75, 3.05) is 26.2 Å². The fourth-order valence-electron chi connectivity index (χ4n) is 2.56. The predicted octanol–water partition coefficient (Wildman–Crippen LogP) is 0.568. The van der Waals surface area contributed by atoms with Gasteiger partial charge < -0.3 is 14.9 Å². The third kappa shape index (κ3) is 3.95. The molecule has 1 aliphatic heterocycles. The van der Waals surface area contributed by atoms with E-state index in [1.165, 1.54) is 0 Å². The summed E-state index contributed by atoms with van der Waals surface area (Å²) < 4.78 is 0. The minimum Gasteiger partial charge on any atom is -0.481 e. The molecule has 6 nitrogen and oxygen atoms in total. The number of hydrogen-bond donors (Lipinski definition) is 1. The molecule has 20 heavy (non-hydrogen) atoms. The number of carbonyl (C=O) groups is 3. The zero-order valence-corrected chi connectivity index (χ0v) is 11.9. The van der Waals surface area contributed by atoms with Crippen molar-refractivity contribution in [2.24, 2.45) is 11.8 Å². The lowest BCUT2D eigenvalue weighted by Crippen LogP contribution is -2.51. The number of amides is 2.